The molecule has 0 radical (unpaired) electrons. The first-order chi connectivity index (χ1) is 13.7. The molecule has 1 aliphatic heterocycles. The predicted molar refractivity (Wildman–Crippen MR) is 105 cm³/mol. The number of H-pyrrole nitrogens is 1. The number of carbonyl (C=O) groups is 1. The summed E-state index contributed by atoms with van der Waals surface area (Å²) in [6.07, 6.45) is 0. The largest absolute Gasteiger partial charge is 0.496 e. The number of benzene rings is 2. The van der Waals surface area contributed by atoms with E-state index in [1.807, 2.05) is 24.3 Å². The number of anilines is 1. The molecule has 28 heavy (non-hydrogen) atoms. The van der Waals surface area contributed by atoms with Crippen molar-refractivity contribution in [3.63, 3.8) is 0 Å². The van der Waals surface area contributed by atoms with Crippen LogP contribution in [0.1, 0.15) is 10.5 Å². The van der Waals surface area contributed by atoms with Crippen molar-refractivity contribution in [1.82, 2.24) is 15.1 Å². The summed E-state index contributed by atoms with van der Waals surface area (Å²) in [6.45, 7) is 2.59. The lowest BCUT2D eigenvalue weighted by Crippen LogP contribution is -2.48. The standard InChI is InChI=1S/C21H21FN4O2/c1-28-20-5-3-2-4-17(20)18-14-19(24-23-18)21(27)26-12-10-25(11-13-26)16-8-6-15(22)7-9-16/h2-9,14H,10-13H2,1H3,(H,23,24). The van der Waals surface area contributed by atoms with Crippen LogP contribution in [0.25, 0.3) is 11.3 Å². The van der Waals surface area contributed by atoms with Gasteiger partial charge in [-0.1, -0.05) is 12.1 Å². The highest BCUT2D eigenvalue weighted by atomic mass is 19.1. The van der Waals surface area contributed by atoms with Crippen molar-refractivity contribution < 1.29 is 13.9 Å². The average Bonchev–Trinajstić information content (AvgIpc) is 3.24. The van der Waals surface area contributed by atoms with Crippen molar-refractivity contribution in [2.75, 3.05) is 38.2 Å². The van der Waals surface area contributed by atoms with Gasteiger partial charge in [-0.15, -0.1) is 0 Å². The molecule has 2 heterocycles. The maximum absolute atomic E-state index is 13.1. The van der Waals surface area contributed by atoms with E-state index in [1.165, 1.54) is 12.1 Å². The van der Waals surface area contributed by atoms with Crippen LogP contribution in [0.4, 0.5) is 10.1 Å². The van der Waals surface area contributed by atoms with Crippen LogP contribution in [0.2, 0.25) is 0 Å². The van der Waals surface area contributed by atoms with Crippen molar-refractivity contribution in [2.24, 2.45) is 0 Å². The zero-order valence-corrected chi connectivity index (χ0v) is 15.6. The number of piperazine rings is 1. The van der Waals surface area contributed by atoms with Gasteiger partial charge in [0.1, 0.15) is 17.3 Å². The molecule has 4 rings (SSSR count). The third-order valence-corrected chi connectivity index (χ3v) is 4.95. The first-order valence-electron chi connectivity index (χ1n) is 9.14. The second-order valence-electron chi connectivity index (χ2n) is 6.62. The third kappa shape index (κ3) is 3.55. The molecule has 144 valence electrons. The highest BCUT2D eigenvalue weighted by molar-refractivity contribution is 5.93. The highest BCUT2D eigenvalue weighted by Crippen LogP contribution is 2.28. The molecule has 6 nitrogen and oxygen atoms in total. The molecule has 0 bridgehead atoms. The second kappa shape index (κ2) is 7.72. The number of rotatable bonds is 4. The summed E-state index contributed by atoms with van der Waals surface area (Å²) < 4.78 is 18.5. The maximum atomic E-state index is 13.1. The molecule has 0 saturated carbocycles. The van der Waals surface area contributed by atoms with Gasteiger partial charge in [-0.05, 0) is 42.5 Å². The number of hydrogen-bond acceptors (Lipinski definition) is 4. The number of hydrogen-bond donors (Lipinski definition) is 1. The van der Waals surface area contributed by atoms with Crippen molar-refractivity contribution in [2.45, 2.75) is 0 Å². The van der Waals surface area contributed by atoms with E-state index in [0.717, 1.165) is 11.3 Å². The van der Waals surface area contributed by atoms with Gasteiger partial charge in [0.2, 0.25) is 0 Å². The SMILES string of the molecule is COc1ccccc1-c1cc(C(=O)N2CCN(c3ccc(F)cc3)CC2)[nH]n1. The van der Waals surface area contributed by atoms with Gasteiger partial charge in [0, 0.05) is 37.4 Å². The van der Waals surface area contributed by atoms with Crippen LogP contribution in [-0.2, 0) is 0 Å². The van der Waals surface area contributed by atoms with Gasteiger partial charge in [0.25, 0.3) is 5.91 Å². The lowest BCUT2D eigenvalue weighted by atomic mass is 10.1. The lowest BCUT2D eigenvalue weighted by Gasteiger charge is -2.35. The minimum absolute atomic E-state index is 0.0765. The zero-order valence-electron chi connectivity index (χ0n) is 15.6. The van der Waals surface area contributed by atoms with Gasteiger partial charge in [0.05, 0.1) is 12.8 Å². The van der Waals surface area contributed by atoms with Crippen molar-refractivity contribution in [3.8, 4) is 17.0 Å². The molecule has 1 N–H and O–H groups in total. The number of para-hydroxylation sites is 1. The fourth-order valence-electron chi connectivity index (χ4n) is 3.42. The lowest BCUT2D eigenvalue weighted by molar-refractivity contribution is 0.0741. The van der Waals surface area contributed by atoms with Gasteiger partial charge < -0.3 is 14.5 Å². The second-order valence-corrected chi connectivity index (χ2v) is 6.62. The van der Waals surface area contributed by atoms with Gasteiger partial charge >= 0.3 is 0 Å². The Morgan fingerprint density at radius 1 is 1.07 bits per heavy atom. The van der Waals surface area contributed by atoms with E-state index in [4.69, 9.17) is 4.74 Å². The van der Waals surface area contributed by atoms with E-state index < -0.39 is 0 Å². The highest BCUT2D eigenvalue weighted by Gasteiger charge is 2.24. The summed E-state index contributed by atoms with van der Waals surface area (Å²) in [5.74, 6) is 0.385. The number of amides is 1. The van der Waals surface area contributed by atoms with Crippen LogP contribution >= 0.6 is 0 Å². The summed E-state index contributed by atoms with van der Waals surface area (Å²) in [6, 6.07) is 15.8. The molecular weight excluding hydrogens is 359 g/mol. The molecule has 1 saturated heterocycles. The van der Waals surface area contributed by atoms with Gasteiger partial charge in [0.15, 0.2) is 0 Å². The Labute approximate surface area is 162 Å². The Hall–Kier alpha value is -3.35. The van der Waals surface area contributed by atoms with E-state index >= 15 is 0 Å². The van der Waals surface area contributed by atoms with E-state index in [-0.39, 0.29) is 11.7 Å². The third-order valence-electron chi connectivity index (χ3n) is 4.95. The number of aromatic nitrogens is 2. The fourth-order valence-corrected chi connectivity index (χ4v) is 3.42. The van der Waals surface area contributed by atoms with Crippen molar-refractivity contribution >= 4 is 11.6 Å². The van der Waals surface area contributed by atoms with Crippen LogP contribution in [-0.4, -0.2) is 54.3 Å². The Bertz CT molecular complexity index is 963. The summed E-state index contributed by atoms with van der Waals surface area (Å²) in [7, 11) is 1.61. The molecule has 1 fully saturated rings. The van der Waals surface area contributed by atoms with Gasteiger partial charge in [-0.25, -0.2) is 4.39 Å². The van der Waals surface area contributed by atoms with Gasteiger partial charge in [-0.3, -0.25) is 9.89 Å². The molecule has 0 unspecified atom stereocenters. The first kappa shape index (κ1) is 18.0. The number of ether oxygens (including phenoxy) is 1. The molecular formula is C21H21FN4O2. The van der Waals surface area contributed by atoms with Crippen LogP contribution in [0.15, 0.2) is 54.6 Å². The fraction of sp³-hybridized carbons (Fsp3) is 0.238. The number of halogens is 1. The molecule has 1 aliphatic rings. The molecule has 7 heteroatoms. The number of nitrogens with zero attached hydrogens (tertiary/aromatic N) is 3. The molecule has 1 amide bonds. The number of carbonyl (C=O) groups excluding carboxylic acids is 1. The summed E-state index contributed by atoms with van der Waals surface area (Å²) in [4.78, 5) is 16.8. The minimum atomic E-state index is -0.248. The average molecular weight is 380 g/mol. The van der Waals surface area contributed by atoms with Crippen LogP contribution in [0, 0.1) is 5.82 Å². The quantitative estimate of drug-likeness (QED) is 0.755. The smallest absolute Gasteiger partial charge is 0.272 e. The normalized spacial score (nSPS) is 14.2. The van der Waals surface area contributed by atoms with Crippen molar-refractivity contribution in [3.05, 3.63) is 66.1 Å². The topological polar surface area (TPSA) is 61.5 Å². The Morgan fingerprint density at radius 2 is 1.79 bits per heavy atom. The summed E-state index contributed by atoms with van der Waals surface area (Å²) in [5.41, 5.74) is 2.93. The maximum Gasteiger partial charge on any atom is 0.272 e. The Balaban J connectivity index is 1.43. The van der Waals surface area contributed by atoms with Gasteiger partial charge in [-0.2, -0.15) is 5.10 Å². The molecule has 0 spiro atoms. The monoisotopic (exact) mass is 380 g/mol. The number of aromatic amines is 1. The number of methoxy groups -OCH3 is 1. The minimum Gasteiger partial charge on any atom is -0.496 e. The van der Waals surface area contributed by atoms with E-state index in [1.54, 1.807) is 30.2 Å². The number of nitrogens with one attached hydrogen (secondary N) is 1. The van der Waals surface area contributed by atoms with Crippen LogP contribution in [0.3, 0.4) is 0 Å². The van der Waals surface area contributed by atoms with E-state index in [2.05, 4.69) is 15.1 Å². The molecule has 0 aliphatic carbocycles. The molecule has 1 aromatic heterocycles. The first-order valence-corrected chi connectivity index (χ1v) is 9.14. The van der Waals surface area contributed by atoms with Crippen LogP contribution < -0.4 is 9.64 Å². The Morgan fingerprint density at radius 3 is 2.50 bits per heavy atom. The van der Waals surface area contributed by atoms with E-state index in [9.17, 15) is 9.18 Å². The van der Waals surface area contributed by atoms with Crippen molar-refractivity contribution in [1.29, 1.82) is 0 Å². The van der Waals surface area contributed by atoms with E-state index in [0.29, 0.717) is 43.3 Å². The molecule has 0 atom stereocenters. The van der Waals surface area contributed by atoms with Crippen LogP contribution in [0.5, 0.6) is 5.75 Å². The summed E-state index contributed by atoms with van der Waals surface area (Å²) in [5, 5.41) is 7.13. The summed E-state index contributed by atoms with van der Waals surface area (Å²) >= 11 is 0. The predicted octanol–water partition coefficient (Wildman–Crippen LogP) is 3.19. The molecule has 3 aromatic rings. The molecule has 2 aromatic carbocycles. The zero-order chi connectivity index (χ0) is 19.5. The Kier molecular flexibility index (Phi) is 4.97.